The largest absolute Gasteiger partial charge is 0.497 e. The summed E-state index contributed by atoms with van der Waals surface area (Å²) in [5.41, 5.74) is 2.88. The Balaban J connectivity index is 2.39. The van der Waals surface area contributed by atoms with E-state index >= 15 is 0 Å². The van der Waals surface area contributed by atoms with E-state index in [9.17, 15) is 0 Å². The van der Waals surface area contributed by atoms with E-state index in [4.69, 9.17) is 21.1 Å². The van der Waals surface area contributed by atoms with Crippen LogP contribution in [-0.2, 0) is 5.88 Å². The summed E-state index contributed by atoms with van der Waals surface area (Å²) in [4.78, 5) is 4.43. The maximum absolute atomic E-state index is 5.99. The number of rotatable bonds is 4. The molecule has 5 heteroatoms. The van der Waals surface area contributed by atoms with Crippen molar-refractivity contribution in [3.63, 3.8) is 0 Å². The van der Waals surface area contributed by atoms with Crippen molar-refractivity contribution in [3.8, 4) is 17.4 Å². The number of alkyl halides is 1. The zero-order chi connectivity index (χ0) is 14.7. The molecule has 0 saturated carbocycles. The van der Waals surface area contributed by atoms with Crippen molar-refractivity contribution in [1.82, 2.24) is 4.98 Å². The molecule has 1 aromatic heterocycles. The molecule has 0 aliphatic rings. The van der Waals surface area contributed by atoms with Gasteiger partial charge in [0.1, 0.15) is 11.5 Å². The average Bonchev–Trinajstić information content (AvgIpc) is 2.40. The molecule has 0 aliphatic carbocycles. The molecule has 1 aromatic carbocycles. The van der Waals surface area contributed by atoms with Crippen LogP contribution in [0.4, 0.5) is 0 Å². The lowest BCUT2D eigenvalue weighted by Crippen LogP contribution is -1.98. The lowest BCUT2D eigenvalue weighted by Gasteiger charge is -2.13. The van der Waals surface area contributed by atoms with Gasteiger partial charge in [0.25, 0.3) is 0 Å². The molecule has 20 heavy (non-hydrogen) atoms. The first-order valence-electron chi connectivity index (χ1n) is 6.09. The smallest absolute Gasteiger partial charge is 0.224 e. The Labute approximate surface area is 132 Å². The van der Waals surface area contributed by atoms with Crippen LogP contribution in [0.5, 0.6) is 17.4 Å². The lowest BCUT2D eigenvalue weighted by atomic mass is 10.1. The van der Waals surface area contributed by atoms with Gasteiger partial charge in [-0.15, -0.1) is 11.6 Å². The third-order valence-corrected chi connectivity index (χ3v) is 3.80. The molecular formula is C15H15BrClNO2. The topological polar surface area (TPSA) is 31.4 Å². The van der Waals surface area contributed by atoms with E-state index in [1.807, 2.05) is 38.1 Å². The van der Waals surface area contributed by atoms with Crippen LogP contribution in [0.1, 0.15) is 16.8 Å². The first-order chi connectivity index (χ1) is 9.55. The van der Waals surface area contributed by atoms with Crippen LogP contribution in [0.15, 0.2) is 28.7 Å². The zero-order valence-electron chi connectivity index (χ0n) is 11.5. The van der Waals surface area contributed by atoms with Gasteiger partial charge in [-0.1, -0.05) is 0 Å². The summed E-state index contributed by atoms with van der Waals surface area (Å²) < 4.78 is 11.9. The summed E-state index contributed by atoms with van der Waals surface area (Å²) in [5.74, 6) is 2.34. The van der Waals surface area contributed by atoms with Gasteiger partial charge in [-0.2, -0.15) is 0 Å². The van der Waals surface area contributed by atoms with Gasteiger partial charge in [0.15, 0.2) is 0 Å². The van der Waals surface area contributed by atoms with E-state index in [0.717, 1.165) is 27.0 Å². The monoisotopic (exact) mass is 355 g/mol. The number of aryl methyl sites for hydroxylation is 2. The Bertz CT molecular complexity index is 632. The number of halogens is 2. The van der Waals surface area contributed by atoms with E-state index in [0.29, 0.717) is 17.5 Å². The van der Waals surface area contributed by atoms with Gasteiger partial charge in [0, 0.05) is 11.3 Å². The predicted octanol–water partition coefficient (Wildman–Crippen LogP) is 5.00. The fraction of sp³-hybridized carbons (Fsp3) is 0.267. The summed E-state index contributed by atoms with van der Waals surface area (Å²) in [5, 5.41) is 0. The van der Waals surface area contributed by atoms with E-state index in [2.05, 4.69) is 20.9 Å². The minimum atomic E-state index is 0.363. The Morgan fingerprint density at radius 3 is 2.60 bits per heavy atom. The van der Waals surface area contributed by atoms with Crippen molar-refractivity contribution in [2.75, 3.05) is 7.11 Å². The van der Waals surface area contributed by atoms with Crippen LogP contribution in [0.25, 0.3) is 0 Å². The van der Waals surface area contributed by atoms with Gasteiger partial charge in [-0.25, -0.2) is 4.98 Å². The summed E-state index contributed by atoms with van der Waals surface area (Å²) in [6, 6.07) is 7.51. The second kappa shape index (κ2) is 6.46. The molecule has 106 valence electrons. The van der Waals surface area contributed by atoms with Crippen LogP contribution in [0, 0.1) is 13.8 Å². The quantitative estimate of drug-likeness (QED) is 0.722. The van der Waals surface area contributed by atoms with Crippen LogP contribution < -0.4 is 9.47 Å². The Morgan fingerprint density at radius 1 is 1.25 bits per heavy atom. The molecule has 0 amide bonds. The standard InChI is InChI=1S/C15H15BrClNO2/c1-9-6-10(2)18-15(12(9)8-17)20-14-5-4-11(19-3)7-13(14)16/h4-7H,8H2,1-3H3. The number of hydrogen-bond donors (Lipinski definition) is 0. The van der Waals surface area contributed by atoms with E-state index < -0.39 is 0 Å². The molecule has 2 rings (SSSR count). The third kappa shape index (κ3) is 3.25. The molecule has 0 bridgehead atoms. The summed E-state index contributed by atoms with van der Waals surface area (Å²) in [6.07, 6.45) is 0. The molecule has 0 aliphatic heterocycles. The fourth-order valence-corrected chi connectivity index (χ4v) is 2.64. The van der Waals surface area contributed by atoms with Gasteiger partial charge < -0.3 is 9.47 Å². The first kappa shape index (κ1) is 15.1. The van der Waals surface area contributed by atoms with Gasteiger partial charge in [0.05, 0.1) is 17.5 Å². The molecule has 0 radical (unpaired) electrons. The Kier molecular flexibility index (Phi) is 4.89. The highest BCUT2D eigenvalue weighted by Gasteiger charge is 2.12. The fourth-order valence-electron chi connectivity index (χ4n) is 1.87. The van der Waals surface area contributed by atoms with Gasteiger partial charge >= 0.3 is 0 Å². The van der Waals surface area contributed by atoms with E-state index in [-0.39, 0.29) is 0 Å². The lowest BCUT2D eigenvalue weighted by molar-refractivity contribution is 0.411. The summed E-state index contributed by atoms with van der Waals surface area (Å²) in [6.45, 7) is 3.93. The zero-order valence-corrected chi connectivity index (χ0v) is 13.9. The number of methoxy groups -OCH3 is 1. The highest BCUT2D eigenvalue weighted by atomic mass is 79.9. The molecule has 0 atom stereocenters. The van der Waals surface area contributed by atoms with Crippen molar-refractivity contribution < 1.29 is 9.47 Å². The molecule has 3 nitrogen and oxygen atoms in total. The molecule has 2 aromatic rings. The second-order valence-corrected chi connectivity index (χ2v) is 5.52. The van der Waals surface area contributed by atoms with Crippen LogP contribution in [0.2, 0.25) is 0 Å². The van der Waals surface area contributed by atoms with E-state index in [1.54, 1.807) is 7.11 Å². The van der Waals surface area contributed by atoms with Gasteiger partial charge in [0.2, 0.25) is 5.88 Å². The molecule has 0 fully saturated rings. The maximum atomic E-state index is 5.99. The van der Waals surface area contributed by atoms with Crippen LogP contribution >= 0.6 is 27.5 Å². The number of ether oxygens (including phenoxy) is 2. The molecule has 0 unspecified atom stereocenters. The second-order valence-electron chi connectivity index (χ2n) is 4.40. The van der Waals surface area contributed by atoms with Gasteiger partial charge in [-0.05, 0) is 59.6 Å². The SMILES string of the molecule is COc1ccc(Oc2nc(C)cc(C)c2CCl)c(Br)c1. The van der Waals surface area contributed by atoms with Crippen molar-refractivity contribution in [3.05, 3.63) is 45.6 Å². The molecule has 1 heterocycles. The maximum Gasteiger partial charge on any atom is 0.224 e. The summed E-state index contributed by atoms with van der Waals surface area (Å²) >= 11 is 9.45. The minimum absolute atomic E-state index is 0.363. The third-order valence-electron chi connectivity index (χ3n) is 2.92. The number of nitrogens with zero attached hydrogens (tertiary/aromatic N) is 1. The highest BCUT2D eigenvalue weighted by molar-refractivity contribution is 9.10. The molecular weight excluding hydrogens is 342 g/mol. The number of pyridine rings is 1. The van der Waals surface area contributed by atoms with Crippen molar-refractivity contribution in [1.29, 1.82) is 0 Å². The van der Waals surface area contributed by atoms with Gasteiger partial charge in [-0.3, -0.25) is 0 Å². The number of aromatic nitrogens is 1. The minimum Gasteiger partial charge on any atom is -0.497 e. The van der Waals surface area contributed by atoms with Crippen molar-refractivity contribution in [2.24, 2.45) is 0 Å². The Morgan fingerprint density at radius 2 is 2.00 bits per heavy atom. The first-order valence-corrected chi connectivity index (χ1v) is 7.42. The summed E-state index contributed by atoms with van der Waals surface area (Å²) in [7, 11) is 1.62. The molecule has 0 N–H and O–H groups in total. The van der Waals surface area contributed by atoms with Crippen molar-refractivity contribution in [2.45, 2.75) is 19.7 Å². The number of benzene rings is 1. The van der Waals surface area contributed by atoms with Crippen LogP contribution in [0.3, 0.4) is 0 Å². The number of hydrogen-bond acceptors (Lipinski definition) is 3. The normalized spacial score (nSPS) is 10.4. The Hall–Kier alpha value is -1.26. The highest BCUT2D eigenvalue weighted by Crippen LogP contribution is 2.34. The predicted molar refractivity (Wildman–Crippen MR) is 84.0 cm³/mol. The van der Waals surface area contributed by atoms with Crippen LogP contribution in [-0.4, -0.2) is 12.1 Å². The average molecular weight is 357 g/mol. The van der Waals surface area contributed by atoms with E-state index in [1.165, 1.54) is 0 Å². The van der Waals surface area contributed by atoms with Crippen molar-refractivity contribution >= 4 is 27.5 Å². The molecule has 0 saturated heterocycles. The molecule has 0 spiro atoms.